The van der Waals surface area contributed by atoms with Crippen molar-refractivity contribution >= 4 is 23.0 Å². The van der Waals surface area contributed by atoms with Crippen LogP contribution >= 0.6 is 0 Å². The van der Waals surface area contributed by atoms with Crippen LogP contribution in [-0.4, -0.2) is 61.5 Å². The van der Waals surface area contributed by atoms with Gasteiger partial charge in [0.15, 0.2) is 6.61 Å². The number of amides is 1. The van der Waals surface area contributed by atoms with Crippen LogP contribution in [0.1, 0.15) is 16.7 Å². The van der Waals surface area contributed by atoms with Crippen LogP contribution in [0.3, 0.4) is 0 Å². The Labute approximate surface area is 217 Å². The van der Waals surface area contributed by atoms with Gasteiger partial charge in [-0.2, -0.15) is 0 Å². The molecule has 1 heterocycles. The highest BCUT2D eigenvalue weighted by Crippen LogP contribution is 2.22. The molecule has 4 rings (SSSR count). The fraction of sp³-hybridized carbons (Fsp3) is 0.241. The fourth-order valence-corrected chi connectivity index (χ4v) is 4.15. The second kappa shape index (κ2) is 11.5. The zero-order valence-electron chi connectivity index (χ0n) is 21.1. The van der Waals surface area contributed by atoms with Crippen molar-refractivity contribution in [1.82, 2.24) is 4.90 Å². The zero-order chi connectivity index (χ0) is 26.4. The molecule has 3 aromatic carbocycles. The number of phenols is 1. The highest BCUT2D eigenvalue weighted by Gasteiger charge is 2.21. The van der Waals surface area contributed by atoms with Crippen molar-refractivity contribution in [1.29, 1.82) is 5.41 Å². The van der Waals surface area contributed by atoms with Crippen LogP contribution < -0.4 is 20.1 Å². The van der Waals surface area contributed by atoms with Crippen LogP contribution in [0.5, 0.6) is 17.2 Å². The summed E-state index contributed by atoms with van der Waals surface area (Å²) in [5.41, 5.74) is 10.0. The molecular formula is C29H32N4O4. The van der Waals surface area contributed by atoms with E-state index >= 15 is 0 Å². The number of piperazine rings is 1. The summed E-state index contributed by atoms with van der Waals surface area (Å²) in [6.45, 7) is 4.48. The third-order valence-corrected chi connectivity index (χ3v) is 6.41. The smallest absolute Gasteiger partial charge is 0.260 e. The van der Waals surface area contributed by atoms with E-state index in [0.717, 1.165) is 24.5 Å². The summed E-state index contributed by atoms with van der Waals surface area (Å²) in [5, 5.41) is 18.0. The molecule has 0 radical (unpaired) electrons. The fourth-order valence-electron chi connectivity index (χ4n) is 4.15. The number of methoxy groups -OCH3 is 1. The Hall–Kier alpha value is -4.46. The first-order chi connectivity index (χ1) is 17.8. The summed E-state index contributed by atoms with van der Waals surface area (Å²) in [5.74, 6) is 1.48. The Balaban J connectivity index is 1.31. The highest BCUT2D eigenvalue weighted by molar-refractivity contribution is 6.10. The molecule has 1 aliphatic rings. The van der Waals surface area contributed by atoms with Crippen molar-refractivity contribution in [2.45, 2.75) is 6.92 Å². The normalized spacial score (nSPS) is 13.8. The molecule has 0 spiro atoms. The lowest BCUT2D eigenvalue weighted by Gasteiger charge is -2.36. The van der Waals surface area contributed by atoms with E-state index in [-0.39, 0.29) is 24.0 Å². The topological polar surface area (TPSA) is 112 Å². The van der Waals surface area contributed by atoms with Crippen molar-refractivity contribution in [3.63, 3.8) is 0 Å². The van der Waals surface area contributed by atoms with Crippen LogP contribution in [0.25, 0.3) is 5.70 Å². The average molecular weight is 501 g/mol. The highest BCUT2D eigenvalue weighted by atomic mass is 16.5. The molecule has 1 aliphatic heterocycles. The van der Waals surface area contributed by atoms with Crippen LogP contribution in [0.2, 0.25) is 0 Å². The van der Waals surface area contributed by atoms with Crippen LogP contribution in [0.4, 0.5) is 5.69 Å². The van der Waals surface area contributed by atoms with Crippen molar-refractivity contribution in [2.75, 3.05) is 44.8 Å². The molecule has 8 heteroatoms. The number of nitrogens with two attached hydrogens (primary N) is 1. The number of carbonyl (C=O) groups is 1. The number of nitrogens with zero attached hydrogens (tertiary/aromatic N) is 2. The molecule has 0 aliphatic carbocycles. The predicted octanol–water partition coefficient (Wildman–Crippen LogP) is 3.80. The number of anilines is 1. The molecule has 0 saturated carbocycles. The minimum absolute atomic E-state index is 0.0573. The monoisotopic (exact) mass is 500 g/mol. The molecule has 8 nitrogen and oxygen atoms in total. The van der Waals surface area contributed by atoms with Crippen molar-refractivity contribution < 1.29 is 19.4 Å². The minimum Gasteiger partial charge on any atom is -0.508 e. The summed E-state index contributed by atoms with van der Waals surface area (Å²) in [7, 11) is 1.65. The molecule has 0 unspecified atom stereocenters. The molecule has 1 saturated heterocycles. The van der Waals surface area contributed by atoms with Crippen molar-refractivity contribution in [3.05, 3.63) is 89.5 Å². The standard InChI is InChI=1S/C29H32N4O4/c1-20-16-22(6-11-28(20)34)27(31)18-26(30)21-4-3-5-25(17-21)37-19-29(35)33-14-12-32(13-15-33)23-7-9-24(36-2)10-8-23/h3-11,16-18,31,34H,12-15,19,30H2,1-2H3/b26-18-,31-27?. The van der Waals surface area contributed by atoms with E-state index in [1.165, 1.54) is 0 Å². The van der Waals surface area contributed by atoms with Gasteiger partial charge in [-0.25, -0.2) is 0 Å². The quantitative estimate of drug-likeness (QED) is 0.406. The van der Waals surface area contributed by atoms with Gasteiger partial charge in [-0.05, 0) is 78.7 Å². The van der Waals surface area contributed by atoms with E-state index in [9.17, 15) is 9.90 Å². The summed E-state index contributed by atoms with van der Waals surface area (Å²) in [6, 6.07) is 20.1. The number of benzene rings is 3. The maximum absolute atomic E-state index is 12.8. The molecular weight excluding hydrogens is 468 g/mol. The Morgan fingerprint density at radius 2 is 1.73 bits per heavy atom. The van der Waals surface area contributed by atoms with Gasteiger partial charge in [0.05, 0.1) is 12.8 Å². The van der Waals surface area contributed by atoms with E-state index in [0.29, 0.717) is 41.2 Å². The number of nitrogens with one attached hydrogen (secondary N) is 1. The first-order valence-corrected chi connectivity index (χ1v) is 12.1. The van der Waals surface area contributed by atoms with Gasteiger partial charge in [0.25, 0.3) is 5.91 Å². The molecule has 0 atom stereocenters. The molecule has 3 aromatic rings. The van der Waals surface area contributed by atoms with Gasteiger partial charge in [-0.3, -0.25) is 4.79 Å². The lowest BCUT2D eigenvalue weighted by molar-refractivity contribution is -0.133. The first-order valence-electron chi connectivity index (χ1n) is 12.1. The average Bonchev–Trinajstić information content (AvgIpc) is 2.93. The van der Waals surface area contributed by atoms with E-state index in [1.807, 2.05) is 35.2 Å². The number of rotatable bonds is 8. The maximum Gasteiger partial charge on any atom is 0.260 e. The van der Waals surface area contributed by atoms with E-state index in [4.69, 9.17) is 20.6 Å². The number of phenolic OH excluding ortho intramolecular Hbond substituents is 1. The molecule has 4 N–H and O–H groups in total. The van der Waals surface area contributed by atoms with Gasteiger partial charge >= 0.3 is 0 Å². The number of allylic oxidation sites excluding steroid dienone is 1. The summed E-state index contributed by atoms with van der Waals surface area (Å²) in [4.78, 5) is 16.8. The molecule has 192 valence electrons. The number of carbonyl (C=O) groups excluding carboxylic acids is 1. The van der Waals surface area contributed by atoms with Gasteiger partial charge in [0, 0.05) is 43.1 Å². The molecule has 0 bridgehead atoms. The number of aromatic hydroxyl groups is 1. The Morgan fingerprint density at radius 1 is 1.00 bits per heavy atom. The van der Waals surface area contributed by atoms with Crippen molar-refractivity contribution in [3.8, 4) is 17.2 Å². The van der Waals surface area contributed by atoms with Gasteiger partial charge in [0.2, 0.25) is 0 Å². The molecule has 1 amide bonds. The SMILES string of the molecule is COc1ccc(N2CCN(C(=O)COc3cccc(/C(N)=C/C(=N)c4ccc(O)c(C)c4)c3)CC2)cc1. The van der Waals surface area contributed by atoms with E-state index in [1.54, 1.807) is 56.5 Å². The Morgan fingerprint density at radius 3 is 2.41 bits per heavy atom. The van der Waals surface area contributed by atoms with Gasteiger partial charge in [-0.15, -0.1) is 0 Å². The zero-order valence-corrected chi connectivity index (χ0v) is 21.1. The molecule has 37 heavy (non-hydrogen) atoms. The van der Waals surface area contributed by atoms with E-state index in [2.05, 4.69) is 4.90 Å². The third kappa shape index (κ3) is 6.41. The number of hydrogen-bond donors (Lipinski definition) is 3. The van der Waals surface area contributed by atoms with Crippen LogP contribution in [-0.2, 0) is 4.79 Å². The summed E-state index contributed by atoms with van der Waals surface area (Å²) >= 11 is 0. The second-order valence-corrected chi connectivity index (χ2v) is 8.90. The van der Waals surface area contributed by atoms with Crippen molar-refractivity contribution in [2.24, 2.45) is 5.73 Å². The predicted molar refractivity (Wildman–Crippen MR) is 146 cm³/mol. The second-order valence-electron chi connectivity index (χ2n) is 8.90. The molecule has 1 fully saturated rings. The third-order valence-electron chi connectivity index (χ3n) is 6.41. The molecule has 0 aromatic heterocycles. The summed E-state index contributed by atoms with van der Waals surface area (Å²) < 4.78 is 11.0. The van der Waals surface area contributed by atoms with Gasteiger partial charge < -0.3 is 35.5 Å². The number of hydrogen-bond acceptors (Lipinski definition) is 7. The Kier molecular flexibility index (Phi) is 7.98. The Bertz CT molecular complexity index is 1300. The summed E-state index contributed by atoms with van der Waals surface area (Å²) in [6.07, 6.45) is 1.57. The van der Waals surface area contributed by atoms with E-state index < -0.39 is 0 Å². The largest absolute Gasteiger partial charge is 0.508 e. The lowest BCUT2D eigenvalue weighted by Crippen LogP contribution is -2.50. The van der Waals surface area contributed by atoms with Gasteiger partial charge in [-0.1, -0.05) is 12.1 Å². The number of aryl methyl sites for hydroxylation is 1. The lowest BCUT2D eigenvalue weighted by atomic mass is 10.0. The van der Waals surface area contributed by atoms with Crippen LogP contribution in [0.15, 0.2) is 72.8 Å². The number of ether oxygens (including phenoxy) is 2. The minimum atomic E-state index is -0.0622. The maximum atomic E-state index is 12.8. The van der Waals surface area contributed by atoms with Crippen LogP contribution in [0, 0.1) is 12.3 Å². The van der Waals surface area contributed by atoms with Gasteiger partial charge in [0.1, 0.15) is 17.2 Å². The first kappa shape index (κ1) is 25.6.